The Kier molecular flexibility index (Phi) is 10.3. The van der Waals surface area contributed by atoms with Crippen molar-refractivity contribution in [3.8, 4) is 11.1 Å². The molecule has 0 aliphatic carbocycles. The largest absolute Gasteiger partial charge is 0.356 e. The zero-order valence-corrected chi connectivity index (χ0v) is 20.7. The number of rotatable bonds is 12. The molecule has 0 heterocycles. The van der Waals surface area contributed by atoms with Gasteiger partial charge in [0.2, 0.25) is 5.91 Å². The molecule has 0 spiro atoms. The molecule has 35 heavy (non-hydrogen) atoms. The summed E-state index contributed by atoms with van der Waals surface area (Å²) in [6.07, 6.45) is 2.51. The third-order valence-electron chi connectivity index (χ3n) is 5.73. The molecular weight excluding hydrogens is 436 g/mol. The van der Waals surface area contributed by atoms with Crippen LogP contribution in [-0.2, 0) is 11.2 Å². The van der Waals surface area contributed by atoms with E-state index in [1.54, 1.807) is 0 Å². The Bertz CT molecular complexity index is 1040. The van der Waals surface area contributed by atoms with Gasteiger partial charge in [0.05, 0.1) is 0 Å². The van der Waals surface area contributed by atoms with Crippen LogP contribution in [0.25, 0.3) is 11.1 Å². The topological polar surface area (TPSA) is 73.5 Å². The lowest BCUT2D eigenvalue weighted by Gasteiger charge is -2.19. The molecule has 0 bridgehead atoms. The van der Waals surface area contributed by atoms with Gasteiger partial charge in [-0.3, -0.25) is 4.79 Å². The fourth-order valence-electron chi connectivity index (χ4n) is 3.87. The molecule has 0 saturated heterocycles. The zero-order valence-electron chi connectivity index (χ0n) is 20.7. The standard InChI is InChI=1S/C29H36N4O2/c1-33(2)21-9-20-30-28(34)19-18-27(22-23-10-5-3-6-11-23)32-29(35)31-26-16-14-25(15-17-26)24-12-7-4-8-13-24/h3-8,10-17,27H,9,18-22H2,1-2H3,(H,30,34)(H2,31,32,35). The summed E-state index contributed by atoms with van der Waals surface area (Å²) in [5.41, 5.74) is 4.07. The monoisotopic (exact) mass is 472 g/mol. The summed E-state index contributed by atoms with van der Waals surface area (Å²) in [6.45, 7) is 1.60. The van der Waals surface area contributed by atoms with Crippen LogP contribution in [0, 0.1) is 0 Å². The molecule has 3 rings (SSSR count). The van der Waals surface area contributed by atoms with Crippen LogP contribution in [0.5, 0.6) is 0 Å². The van der Waals surface area contributed by atoms with Crippen molar-refractivity contribution in [2.75, 3.05) is 32.5 Å². The van der Waals surface area contributed by atoms with Crippen LogP contribution in [0.3, 0.4) is 0 Å². The van der Waals surface area contributed by atoms with Crippen molar-refractivity contribution in [1.29, 1.82) is 0 Å². The summed E-state index contributed by atoms with van der Waals surface area (Å²) in [7, 11) is 4.04. The second-order valence-electron chi connectivity index (χ2n) is 8.97. The number of nitrogens with one attached hydrogen (secondary N) is 3. The molecule has 0 radical (unpaired) electrons. The highest BCUT2D eigenvalue weighted by atomic mass is 16.2. The van der Waals surface area contributed by atoms with E-state index in [9.17, 15) is 9.59 Å². The number of carbonyl (C=O) groups is 2. The molecule has 6 heteroatoms. The Morgan fingerprint density at radius 2 is 1.46 bits per heavy atom. The van der Waals surface area contributed by atoms with E-state index < -0.39 is 0 Å². The number of anilines is 1. The van der Waals surface area contributed by atoms with Gasteiger partial charge >= 0.3 is 6.03 Å². The number of hydrogen-bond donors (Lipinski definition) is 3. The highest BCUT2D eigenvalue weighted by Gasteiger charge is 2.15. The van der Waals surface area contributed by atoms with Crippen molar-refractivity contribution in [1.82, 2.24) is 15.5 Å². The van der Waals surface area contributed by atoms with Gasteiger partial charge in [-0.2, -0.15) is 0 Å². The van der Waals surface area contributed by atoms with E-state index >= 15 is 0 Å². The minimum absolute atomic E-state index is 0.0144. The van der Waals surface area contributed by atoms with Crippen LogP contribution in [0.1, 0.15) is 24.8 Å². The van der Waals surface area contributed by atoms with Gasteiger partial charge in [-0.1, -0.05) is 72.8 Å². The maximum Gasteiger partial charge on any atom is 0.319 e. The molecule has 3 N–H and O–H groups in total. The van der Waals surface area contributed by atoms with Crippen LogP contribution < -0.4 is 16.0 Å². The molecule has 0 aromatic heterocycles. The van der Waals surface area contributed by atoms with E-state index in [-0.39, 0.29) is 18.0 Å². The van der Waals surface area contributed by atoms with Crippen LogP contribution >= 0.6 is 0 Å². The molecular formula is C29H36N4O2. The molecule has 1 unspecified atom stereocenters. The lowest BCUT2D eigenvalue weighted by molar-refractivity contribution is -0.121. The van der Waals surface area contributed by atoms with Crippen molar-refractivity contribution in [2.24, 2.45) is 0 Å². The first-order valence-electron chi connectivity index (χ1n) is 12.2. The van der Waals surface area contributed by atoms with E-state index in [4.69, 9.17) is 0 Å². The SMILES string of the molecule is CN(C)CCCNC(=O)CCC(Cc1ccccc1)NC(=O)Nc1ccc(-c2ccccc2)cc1. The number of hydrogen-bond acceptors (Lipinski definition) is 3. The predicted octanol–water partition coefficient (Wildman–Crippen LogP) is 4.93. The Morgan fingerprint density at radius 3 is 2.11 bits per heavy atom. The average Bonchev–Trinajstić information content (AvgIpc) is 2.86. The molecule has 0 fully saturated rings. The van der Waals surface area contributed by atoms with E-state index in [1.807, 2.05) is 86.9 Å². The second kappa shape index (κ2) is 13.9. The van der Waals surface area contributed by atoms with Crippen LogP contribution in [-0.4, -0.2) is 50.1 Å². The minimum atomic E-state index is -0.273. The van der Waals surface area contributed by atoms with Gasteiger partial charge < -0.3 is 20.9 Å². The molecule has 1 atom stereocenters. The maximum absolute atomic E-state index is 12.8. The second-order valence-corrected chi connectivity index (χ2v) is 8.97. The molecule has 184 valence electrons. The van der Waals surface area contributed by atoms with Crippen molar-refractivity contribution in [2.45, 2.75) is 31.7 Å². The van der Waals surface area contributed by atoms with Gasteiger partial charge in [-0.05, 0) is 68.7 Å². The fourth-order valence-corrected chi connectivity index (χ4v) is 3.87. The first-order chi connectivity index (χ1) is 17.0. The number of amides is 3. The quantitative estimate of drug-likeness (QED) is 0.327. The van der Waals surface area contributed by atoms with Crippen LogP contribution in [0.4, 0.5) is 10.5 Å². The third-order valence-corrected chi connectivity index (χ3v) is 5.73. The molecule has 3 aromatic rings. The predicted molar refractivity (Wildman–Crippen MR) is 143 cm³/mol. The Labute approximate surface area is 208 Å². The lowest BCUT2D eigenvalue weighted by atomic mass is 10.0. The Hall–Kier alpha value is -3.64. The van der Waals surface area contributed by atoms with E-state index in [0.29, 0.717) is 25.8 Å². The van der Waals surface area contributed by atoms with E-state index in [0.717, 1.165) is 35.3 Å². The first kappa shape index (κ1) is 26.0. The highest BCUT2D eigenvalue weighted by Crippen LogP contribution is 2.21. The first-order valence-corrected chi connectivity index (χ1v) is 12.2. The summed E-state index contributed by atoms with van der Waals surface area (Å²) < 4.78 is 0. The van der Waals surface area contributed by atoms with Crippen molar-refractivity contribution in [3.63, 3.8) is 0 Å². The van der Waals surface area contributed by atoms with Gasteiger partial charge in [0.15, 0.2) is 0 Å². The van der Waals surface area contributed by atoms with Gasteiger partial charge in [0.25, 0.3) is 0 Å². The average molecular weight is 473 g/mol. The van der Waals surface area contributed by atoms with Crippen molar-refractivity contribution in [3.05, 3.63) is 90.5 Å². The normalized spacial score (nSPS) is 11.6. The van der Waals surface area contributed by atoms with E-state index in [2.05, 4.69) is 33.0 Å². The number of nitrogens with zero attached hydrogens (tertiary/aromatic N) is 1. The maximum atomic E-state index is 12.8. The molecule has 0 aliphatic rings. The number of urea groups is 1. The summed E-state index contributed by atoms with van der Waals surface area (Å²) >= 11 is 0. The summed E-state index contributed by atoms with van der Waals surface area (Å²) in [5.74, 6) is 0.0144. The van der Waals surface area contributed by atoms with Gasteiger partial charge in [0, 0.05) is 24.7 Å². The van der Waals surface area contributed by atoms with Gasteiger partial charge in [-0.15, -0.1) is 0 Å². The third kappa shape index (κ3) is 9.63. The lowest BCUT2D eigenvalue weighted by Crippen LogP contribution is -2.40. The minimum Gasteiger partial charge on any atom is -0.356 e. The summed E-state index contributed by atoms with van der Waals surface area (Å²) in [6, 6.07) is 27.5. The van der Waals surface area contributed by atoms with Crippen LogP contribution in [0.2, 0.25) is 0 Å². The van der Waals surface area contributed by atoms with Gasteiger partial charge in [0.1, 0.15) is 0 Å². The van der Waals surface area contributed by atoms with Crippen molar-refractivity contribution < 1.29 is 9.59 Å². The smallest absolute Gasteiger partial charge is 0.319 e. The Morgan fingerprint density at radius 1 is 0.829 bits per heavy atom. The highest BCUT2D eigenvalue weighted by molar-refractivity contribution is 5.89. The molecule has 0 aliphatic heterocycles. The summed E-state index contributed by atoms with van der Waals surface area (Å²) in [4.78, 5) is 27.2. The Balaban J connectivity index is 1.53. The number of carbonyl (C=O) groups excluding carboxylic acids is 2. The molecule has 0 saturated carbocycles. The summed E-state index contributed by atoms with van der Waals surface area (Å²) in [5, 5.41) is 8.96. The fraction of sp³-hybridized carbons (Fsp3) is 0.310. The zero-order chi connectivity index (χ0) is 24.9. The van der Waals surface area contributed by atoms with Crippen LogP contribution in [0.15, 0.2) is 84.9 Å². The molecule has 6 nitrogen and oxygen atoms in total. The van der Waals surface area contributed by atoms with Crippen molar-refractivity contribution >= 4 is 17.6 Å². The van der Waals surface area contributed by atoms with E-state index in [1.165, 1.54) is 0 Å². The van der Waals surface area contributed by atoms with Gasteiger partial charge in [-0.25, -0.2) is 4.79 Å². The molecule has 3 aromatic carbocycles. The number of benzene rings is 3. The molecule has 3 amide bonds.